The zero-order chi connectivity index (χ0) is 17.8. The molecular weight excluding hydrogens is 427 g/mol. The quantitative estimate of drug-likeness (QED) is 0.555. The minimum atomic E-state index is -0.115. The molecule has 0 saturated carbocycles. The first-order valence-electron chi connectivity index (χ1n) is 8.50. The van der Waals surface area contributed by atoms with Crippen LogP contribution in [0.15, 0.2) is 42.5 Å². The number of carbonyl (C=O) groups is 1. The summed E-state index contributed by atoms with van der Waals surface area (Å²) < 4.78 is 1.10. The average Bonchev–Trinajstić information content (AvgIpc) is 2.62. The maximum absolute atomic E-state index is 12.6. The first kappa shape index (κ1) is 18.0. The highest BCUT2D eigenvalue weighted by Crippen LogP contribution is 2.29. The lowest BCUT2D eigenvalue weighted by atomic mass is 10.1. The van der Waals surface area contributed by atoms with E-state index in [2.05, 4.69) is 44.6 Å². The highest BCUT2D eigenvalue weighted by Gasteiger charge is 2.19. The molecule has 5 nitrogen and oxygen atoms in total. The third-order valence-corrected chi connectivity index (χ3v) is 5.25. The first-order chi connectivity index (χ1) is 12.1. The molecule has 0 radical (unpaired) electrons. The standard InChI is InChI=1S/C19H23IN4O/c1-2-23-9-11-24(12-10-23)18-8-7-16(21)13-17(18)22-19(25)14-3-5-15(20)6-4-14/h3-8,13H,2,9-12,21H2,1H3,(H,22,25). The second kappa shape index (κ2) is 8.05. The van der Waals surface area contributed by atoms with Crippen LogP contribution in [0.1, 0.15) is 17.3 Å². The molecule has 0 aliphatic carbocycles. The zero-order valence-electron chi connectivity index (χ0n) is 14.3. The number of likely N-dealkylation sites (N-methyl/N-ethyl adjacent to an activating group) is 1. The molecule has 0 atom stereocenters. The van der Waals surface area contributed by atoms with Crippen molar-refractivity contribution in [2.75, 3.05) is 48.7 Å². The number of nitrogens with zero attached hydrogens (tertiary/aromatic N) is 2. The fourth-order valence-electron chi connectivity index (χ4n) is 3.03. The van der Waals surface area contributed by atoms with Crippen molar-refractivity contribution in [3.05, 3.63) is 51.6 Å². The van der Waals surface area contributed by atoms with E-state index < -0.39 is 0 Å². The van der Waals surface area contributed by atoms with E-state index in [4.69, 9.17) is 5.73 Å². The summed E-state index contributed by atoms with van der Waals surface area (Å²) >= 11 is 2.23. The maximum atomic E-state index is 12.6. The monoisotopic (exact) mass is 450 g/mol. The lowest BCUT2D eigenvalue weighted by Crippen LogP contribution is -2.46. The lowest BCUT2D eigenvalue weighted by Gasteiger charge is -2.36. The Labute approximate surface area is 162 Å². The van der Waals surface area contributed by atoms with Crippen molar-refractivity contribution < 1.29 is 4.79 Å². The van der Waals surface area contributed by atoms with Gasteiger partial charge in [-0.2, -0.15) is 0 Å². The Bertz CT molecular complexity index is 740. The van der Waals surface area contributed by atoms with E-state index >= 15 is 0 Å². The summed E-state index contributed by atoms with van der Waals surface area (Å²) in [7, 11) is 0. The summed E-state index contributed by atoms with van der Waals surface area (Å²) in [4.78, 5) is 17.3. The molecule has 1 amide bonds. The van der Waals surface area contributed by atoms with Crippen molar-refractivity contribution in [1.82, 2.24) is 4.90 Å². The van der Waals surface area contributed by atoms with Gasteiger partial charge in [-0.3, -0.25) is 4.79 Å². The highest BCUT2D eigenvalue weighted by molar-refractivity contribution is 14.1. The summed E-state index contributed by atoms with van der Waals surface area (Å²) in [6, 6.07) is 13.3. The Balaban J connectivity index is 1.79. The van der Waals surface area contributed by atoms with Crippen LogP contribution in [-0.4, -0.2) is 43.5 Å². The number of nitrogens with two attached hydrogens (primary N) is 1. The number of anilines is 3. The van der Waals surface area contributed by atoms with Crippen molar-refractivity contribution in [3.63, 3.8) is 0 Å². The number of nitrogens with one attached hydrogen (secondary N) is 1. The van der Waals surface area contributed by atoms with Gasteiger partial charge in [-0.15, -0.1) is 0 Å². The first-order valence-corrected chi connectivity index (χ1v) is 9.58. The summed E-state index contributed by atoms with van der Waals surface area (Å²) in [6.45, 7) is 7.22. The van der Waals surface area contributed by atoms with Crippen LogP contribution >= 0.6 is 22.6 Å². The van der Waals surface area contributed by atoms with Gasteiger partial charge in [-0.25, -0.2) is 0 Å². The van der Waals surface area contributed by atoms with E-state index in [9.17, 15) is 4.79 Å². The predicted molar refractivity (Wildman–Crippen MR) is 112 cm³/mol. The SMILES string of the molecule is CCN1CCN(c2ccc(N)cc2NC(=O)c2ccc(I)cc2)CC1. The van der Waals surface area contributed by atoms with E-state index in [1.165, 1.54) is 0 Å². The number of carbonyl (C=O) groups excluding carboxylic acids is 1. The topological polar surface area (TPSA) is 61.6 Å². The molecule has 1 aliphatic heterocycles. The molecule has 25 heavy (non-hydrogen) atoms. The van der Waals surface area contributed by atoms with Crippen LogP contribution in [0, 0.1) is 3.57 Å². The van der Waals surface area contributed by atoms with Crippen molar-refractivity contribution in [3.8, 4) is 0 Å². The molecule has 2 aromatic rings. The van der Waals surface area contributed by atoms with Crippen LogP contribution in [0.25, 0.3) is 0 Å². The molecule has 1 heterocycles. The second-order valence-corrected chi connectivity index (χ2v) is 7.40. The van der Waals surface area contributed by atoms with Crippen molar-refractivity contribution in [2.45, 2.75) is 6.92 Å². The van der Waals surface area contributed by atoms with Gasteiger partial charge < -0.3 is 20.9 Å². The van der Waals surface area contributed by atoms with Gasteiger partial charge in [0.15, 0.2) is 0 Å². The second-order valence-electron chi connectivity index (χ2n) is 6.16. The minimum absolute atomic E-state index is 0.115. The summed E-state index contributed by atoms with van der Waals surface area (Å²) in [5.74, 6) is -0.115. The summed E-state index contributed by atoms with van der Waals surface area (Å²) in [5, 5.41) is 3.03. The Kier molecular flexibility index (Phi) is 5.80. The van der Waals surface area contributed by atoms with Crippen LogP contribution < -0.4 is 16.0 Å². The van der Waals surface area contributed by atoms with Crippen molar-refractivity contribution >= 4 is 45.6 Å². The van der Waals surface area contributed by atoms with Gasteiger partial charge in [0.2, 0.25) is 0 Å². The van der Waals surface area contributed by atoms with Crippen LogP contribution in [0.4, 0.5) is 17.1 Å². The largest absolute Gasteiger partial charge is 0.399 e. The van der Waals surface area contributed by atoms with Gasteiger partial charge in [0.05, 0.1) is 11.4 Å². The van der Waals surface area contributed by atoms with Crippen LogP contribution in [-0.2, 0) is 0 Å². The third-order valence-electron chi connectivity index (χ3n) is 4.54. The molecule has 3 N–H and O–H groups in total. The Morgan fingerprint density at radius 3 is 2.44 bits per heavy atom. The molecule has 1 saturated heterocycles. The molecule has 1 fully saturated rings. The van der Waals surface area contributed by atoms with Crippen LogP contribution in [0.2, 0.25) is 0 Å². The van der Waals surface area contributed by atoms with Gasteiger partial charge >= 0.3 is 0 Å². The Morgan fingerprint density at radius 1 is 1.12 bits per heavy atom. The number of nitrogen functional groups attached to an aromatic ring is 1. The minimum Gasteiger partial charge on any atom is -0.399 e. The Morgan fingerprint density at radius 2 is 1.80 bits per heavy atom. The maximum Gasteiger partial charge on any atom is 0.255 e. The summed E-state index contributed by atoms with van der Waals surface area (Å²) in [6.07, 6.45) is 0. The van der Waals surface area contributed by atoms with E-state index in [0.717, 1.165) is 47.7 Å². The van der Waals surface area contributed by atoms with E-state index in [-0.39, 0.29) is 5.91 Å². The molecule has 132 valence electrons. The van der Waals surface area contributed by atoms with Gasteiger partial charge in [0.25, 0.3) is 5.91 Å². The van der Waals surface area contributed by atoms with Gasteiger partial charge in [-0.05, 0) is 71.6 Å². The van der Waals surface area contributed by atoms with Crippen molar-refractivity contribution in [2.24, 2.45) is 0 Å². The molecule has 0 spiro atoms. The lowest BCUT2D eigenvalue weighted by molar-refractivity contribution is 0.102. The van der Waals surface area contributed by atoms with Crippen molar-refractivity contribution in [1.29, 1.82) is 0 Å². The number of hydrogen-bond acceptors (Lipinski definition) is 4. The number of benzene rings is 2. The predicted octanol–water partition coefficient (Wildman–Crippen LogP) is 3.27. The van der Waals surface area contributed by atoms with Crippen LogP contribution in [0.3, 0.4) is 0 Å². The summed E-state index contributed by atoms with van der Waals surface area (Å²) in [5.41, 5.74) is 9.05. The van der Waals surface area contributed by atoms with Gasteiger partial charge in [-0.1, -0.05) is 6.92 Å². The van der Waals surface area contributed by atoms with E-state index in [1.54, 1.807) is 0 Å². The third kappa shape index (κ3) is 4.43. The fraction of sp³-hybridized carbons (Fsp3) is 0.316. The molecule has 0 aromatic heterocycles. The normalized spacial score (nSPS) is 15.2. The molecule has 6 heteroatoms. The average molecular weight is 450 g/mol. The van der Waals surface area contributed by atoms with Gasteiger partial charge in [0.1, 0.15) is 0 Å². The van der Waals surface area contributed by atoms with E-state index in [1.807, 2.05) is 42.5 Å². The number of amides is 1. The Hall–Kier alpha value is -1.80. The van der Waals surface area contributed by atoms with Crippen LogP contribution in [0.5, 0.6) is 0 Å². The number of hydrogen-bond donors (Lipinski definition) is 2. The molecule has 0 unspecified atom stereocenters. The molecule has 1 aliphatic rings. The number of halogens is 1. The fourth-order valence-corrected chi connectivity index (χ4v) is 3.39. The highest BCUT2D eigenvalue weighted by atomic mass is 127. The van der Waals surface area contributed by atoms with Gasteiger partial charge in [0, 0.05) is 41.0 Å². The molecular formula is C19H23IN4O. The molecule has 2 aromatic carbocycles. The zero-order valence-corrected chi connectivity index (χ0v) is 16.5. The number of rotatable bonds is 4. The van der Waals surface area contributed by atoms with E-state index in [0.29, 0.717) is 11.3 Å². The smallest absolute Gasteiger partial charge is 0.255 e. The number of piperazine rings is 1. The molecule has 0 bridgehead atoms. The molecule has 3 rings (SSSR count).